The van der Waals surface area contributed by atoms with E-state index in [2.05, 4.69) is 10.0 Å². The second-order valence-corrected chi connectivity index (χ2v) is 8.39. The van der Waals surface area contributed by atoms with Gasteiger partial charge in [0, 0.05) is 17.3 Å². The summed E-state index contributed by atoms with van der Waals surface area (Å²) in [7, 11) is -3.59. The van der Waals surface area contributed by atoms with Gasteiger partial charge in [0.1, 0.15) is 5.75 Å². The van der Waals surface area contributed by atoms with Gasteiger partial charge >= 0.3 is 0 Å². The minimum atomic E-state index is -3.59. The van der Waals surface area contributed by atoms with Crippen molar-refractivity contribution in [1.29, 1.82) is 0 Å². The van der Waals surface area contributed by atoms with Gasteiger partial charge in [-0.25, -0.2) is 13.1 Å². The Balaban J connectivity index is 2.02. The van der Waals surface area contributed by atoms with Crippen LogP contribution in [0.3, 0.4) is 0 Å². The van der Waals surface area contributed by atoms with Crippen molar-refractivity contribution in [2.24, 2.45) is 0 Å². The fraction of sp³-hybridized carbons (Fsp3) is 0.300. The summed E-state index contributed by atoms with van der Waals surface area (Å²) >= 11 is 0. The number of hydrogen-bond acceptors (Lipinski definition) is 5. The van der Waals surface area contributed by atoms with Crippen LogP contribution in [-0.4, -0.2) is 32.8 Å². The first-order valence-electron chi connectivity index (χ1n) is 8.75. The Labute approximate surface area is 165 Å². The maximum absolute atomic E-state index is 12.2. The van der Waals surface area contributed by atoms with Crippen LogP contribution in [0.25, 0.3) is 0 Å². The van der Waals surface area contributed by atoms with Crippen molar-refractivity contribution in [3.63, 3.8) is 0 Å². The molecule has 8 heteroatoms. The molecule has 0 aliphatic heterocycles. The number of nitrogens with one attached hydrogen (secondary N) is 2. The van der Waals surface area contributed by atoms with E-state index >= 15 is 0 Å². The van der Waals surface area contributed by atoms with Crippen LogP contribution in [0.2, 0.25) is 0 Å². The normalized spacial score (nSPS) is 11.3. The molecule has 0 aliphatic rings. The third kappa shape index (κ3) is 5.90. The van der Waals surface area contributed by atoms with Crippen LogP contribution in [-0.2, 0) is 14.8 Å². The fourth-order valence-corrected chi connectivity index (χ4v) is 3.82. The van der Waals surface area contributed by atoms with Crippen molar-refractivity contribution in [3.8, 4) is 5.75 Å². The highest BCUT2D eigenvalue weighted by atomic mass is 32.2. The van der Waals surface area contributed by atoms with Gasteiger partial charge in [-0.1, -0.05) is 12.1 Å². The van der Waals surface area contributed by atoms with Gasteiger partial charge in [-0.2, -0.15) is 0 Å². The van der Waals surface area contributed by atoms with Crippen molar-refractivity contribution in [2.75, 3.05) is 11.9 Å². The zero-order chi connectivity index (χ0) is 20.9. The summed E-state index contributed by atoms with van der Waals surface area (Å²) in [5.41, 5.74) is 1.60. The molecule has 2 aromatic carbocycles. The average molecular weight is 404 g/mol. The van der Waals surface area contributed by atoms with E-state index in [1.807, 2.05) is 0 Å². The lowest BCUT2D eigenvalue weighted by atomic mass is 10.1. The summed E-state index contributed by atoms with van der Waals surface area (Å²) in [5, 5.41) is 2.66. The van der Waals surface area contributed by atoms with Crippen LogP contribution in [0.1, 0.15) is 36.7 Å². The first-order chi connectivity index (χ1) is 13.1. The van der Waals surface area contributed by atoms with E-state index in [1.165, 1.54) is 25.1 Å². The number of anilines is 1. The molecule has 0 unspecified atom stereocenters. The van der Waals surface area contributed by atoms with E-state index in [1.54, 1.807) is 45.0 Å². The molecule has 28 heavy (non-hydrogen) atoms. The fourth-order valence-electron chi connectivity index (χ4n) is 2.49. The number of carbonyl (C=O) groups is 2. The maximum atomic E-state index is 12.2. The molecule has 0 bridgehead atoms. The van der Waals surface area contributed by atoms with Gasteiger partial charge in [-0.05, 0) is 63.6 Å². The second-order valence-electron chi connectivity index (χ2n) is 6.68. The van der Waals surface area contributed by atoms with Gasteiger partial charge in [-0.3, -0.25) is 9.59 Å². The summed E-state index contributed by atoms with van der Waals surface area (Å²) in [6.45, 7) is 6.39. The van der Waals surface area contributed by atoms with Crippen LogP contribution >= 0.6 is 0 Å². The molecule has 0 radical (unpaired) electrons. The van der Waals surface area contributed by atoms with Crippen LogP contribution in [0, 0.1) is 6.92 Å². The van der Waals surface area contributed by atoms with Crippen LogP contribution in [0.15, 0.2) is 47.4 Å². The molecule has 1 amide bonds. The topological polar surface area (TPSA) is 102 Å². The smallest absolute Gasteiger partial charge is 0.262 e. The summed E-state index contributed by atoms with van der Waals surface area (Å²) in [4.78, 5) is 23.6. The van der Waals surface area contributed by atoms with E-state index in [9.17, 15) is 18.0 Å². The Morgan fingerprint density at radius 2 is 1.82 bits per heavy atom. The molecule has 2 N–H and O–H groups in total. The number of carbonyl (C=O) groups excluding carboxylic acids is 2. The highest BCUT2D eigenvalue weighted by Gasteiger charge is 2.17. The molecular weight excluding hydrogens is 380 g/mol. The number of benzene rings is 2. The number of Topliss-reactive ketones (excluding diaryl/α,β-unsaturated/α-hetero) is 1. The number of rotatable bonds is 8. The standard InChI is InChI=1S/C20H24N2O5S/c1-13(2)22-28(25,26)18-8-9-19(14(3)10-18)27-12-20(24)21-17-7-5-6-16(11-17)15(4)23/h5-11,13,22H,12H2,1-4H3,(H,21,24). The summed E-state index contributed by atoms with van der Waals surface area (Å²) in [5.74, 6) is -0.0700. The molecule has 7 nitrogen and oxygen atoms in total. The minimum Gasteiger partial charge on any atom is -0.483 e. The molecule has 0 aliphatic carbocycles. The van der Waals surface area contributed by atoms with Crippen molar-refractivity contribution in [3.05, 3.63) is 53.6 Å². The Kier molecular flexibility index (Phi) is 6.93. The van der Waals surface area contributed by atoms with Gasteiger partial charge in [0.05, 0.1) is 4.90 Å². The number of hydrogen-bond donors (Lipinski definition) is 2. The van der Waals surface area contributed by atoms with Crippen molar-refractivity contribution in [2.45, 2.75) is 38.6 Å². The number of amides is 1. The highest BCUT2D eigenvalue weighted by molar-refractivity contribution is 7.89. The number of ether oxygens (including phenoxy) is 1. The monoisotopic (exact) mass is 404 g/mol. The molecule has 0 saturated carbocycles. The van der Waals surface area contributed by atoms with Gasteiger partial charge in [-0.15, -0.1) is 0 Å². The number of ketones is 1. The SMILES string of the molecule is CC(=O)c1cccc(NC(=O)COc2ccc(S(=O)(=O)NC(C)C)cc2C)c1. The molecule has 0 saturated heterocycles. The second kappa shape index (κ2) is 8.99. The number of aryl methyl sites for hydroxylation is 1. The Hall–Kier alpha value is -2.71. The largest absolute Gasteiger partial charge is 0.483 e. The molecule has 0 atom stereocenters. The predicted molar refractivity (Wildman–Crippen MR) is 107 cm³/mol. The summed E-state index contributed by atoms with van der Waals surface area (Å²) < 4.78 is 32.4. The highest BCUT2D eigenvalue weighted by Crippen LogP contribution is 2.22. The molecule has 0 spiro atoms. The maximum Gasteiger partial charge on any atom is 0.262 e. The summed E-state index contributed by atoms with van der Waals surface area (Å²) in [6.07, 6.45) is 0. The van der Waals surface area contributed by atoms with E-state index in [4.69, 9.17) is 4.74 Å². The Morgan fingerprint density at radius 1 is 1.11 bits per heavy atom. The predicted octanol–water partition coefficient (Wildman–Crippen LogP) is 2.90. The van der Waals surface area contributed by atoms with Gasteiger partial charge in [0.25, 0.3) is 5.91 Å². The third-order valence-electron chi connectivity index (χ3n) is 3.76. The summed E-state index contributed by atoms with van der Waals surface area (Å²) in [6, 6.07) is 10.8. The van der Waals surface area contributed by atoms with Crippen LogP contribution < -0.4 is 14.8 Å². The molecule has 150 valence electrons. The van der Waals surface area contributed by atoms with Gasteiger partial charge < -0.3 is 10.1 Å². The molecule has 2 aromatic rings. The number of sulfonamides is 1. The van der Waals surface area contributed by atoms with Gasteiger partial charge in [0.15, 0.2) is 12.4 Å². The molecular formula is C20H24N2O5S. The first-order valence-corrected chi connectivity index (χ1v) is 10.2. The van der Waals surface area contributed by atoms with E-state index in [0.29, 0.717) is 22.6 Å². The lowest BCUT2D eigenvalue weighted by molar-refractivity contribution is -0.118. The molecule has 0 aromatic heterocycles. The van der Waals surface area contributed by atoms with Crippen LogP contribution in [0.5, 0.6) is 5.75 Å². The van der Waals surface area contributed by atoms with Crippen LogP contribution in [0.4, 0.5) is 5.69 Å². The molecule has 2 rings (SSSR count). The molecule has 0 fully saturated rings. The van der Waals surface area contributed by atoms with Crippen molar-refractivity contribution in [1.82, 2.24) is 4.72 Å². The van der Waals surface area contributed by atoms with Crippen molar-refractivity contribution < 1.29 is 22.7 Å². The van der Waals surface area contributed by atoms with E-state index in [-0.39, 0.29) is 23.3 Å². The third-order valence-corrected chi connectivity index (χ3v) is 5.42. The lowest BCUT2D eigenvalue weighted by Crippen LogP contribution is -2.30. The zero-order valence-corrected chi connectivity index (χ0v) is 17.1. The quantitative estimate of drug-likeness (QED) is 0.659. The Morgan fingerprint density at radius 3 is 2.43 bits per heavy atom. The minimum absolute atomic E-state index is 0.0926. The van der Waals surface area contributed by atoms with E-state index in [0.717, 1.165) is 0 Å². The first kappa shape index (κ1) is 21.6. The van der Waals surface area contributed by atoms with E-state index < -0.39 is 15.9 Å². The van der Waals surface area contributed by atoms with Gasteiger partial charge in [0.2, 0.25) is 10.0 Å². The average Bonchev–Trinajstić information content (AvgIpc) is 2.59. The Bertz CT molecular complexity index is 984. The lowest BCUT2D eigenvalue weighted by Gasteiger charge is -2.13. The van der Waals surface area contributed by atoms with Crippen molar-refractivity contribution >= 4 is 27.4 Å². The molecule has 0 heterocycles. The zero-order valence-electron chi connectivity index (χ0n) is 16.3.